The molecule has 0 unspecified atom stereocenters. The van der Waals surface area contributed by atoms with Crippen molar-refractivity contribution in [3.05, 3.63) is 63.4 Å². The fraction of sp³-hybridized carbons (Fsp3) is 0.0714. The number of benzene rings is 2. The molecule has 0 radical (unpaired) electrons. The van der Waals surface area contributed by atoms with Gasteiger partial charge in [-0.2, -0.15) is 0 Å². The van der Waals surface area contributed by atoms with Gasteiger partial charge in [-0.1, -0.05) is 40.5 Å². The molecule has 0 atom stereocenters. The summed E-state index contributed by atoms with van der Waals surface area (Å²) < 4.78 is 18.5. The Morgan fingerprint density at radius 1 is 1.20 bits per heavy atom. The summed E-state index contributed by atoms with van der Waals surface area (Å²) in [5.41, 5.74) is 1.21. The Bertz CT molecular complexity index is 624. The molecular weight excluding hydrogens is 304 g/mol. The Hall–Kier alpha value is -1.78. The highest BCUT2D eigenvalue weighted by Crippen LogP contribution is 2.34. The molecular formula is C14H10Cl2FNO2. The Kier molecular flexibility index (Phi) is 4.82. The molecule has 0 aliphatic rings. The van der Waals surface area contributed by atoms with Crippen LogP contribution in [0.3, 0.4) is 0 Å². The van der Waals surface area contributed by atoms with E-state index >= 15 is 0 Å². The average Bonchev–Trinajstić information content (AvgIpc) is 2.38. The maximum atomic E-state index is 13.0. The first-order valence-electron chi connectivity index (χ1n) is 5.64. The van der Waals surface area contributed by atoms with Crippen LogP contribution in [0, 0.1) is 5.82 Å². The summed E-state index contributed by atoms with van der Waals surface area (Å²) in [6.07, 6.45) is 1.20. The number of halogens is 3. The summed E-state index contributed by atoms with van der Waals surface area (Å²) in [4.78, 5) is 0. The van der Waals surface area contributed by atoms with Crippen LogP contribution in [-0.2, 0) is 6.61 Å². The number of hydrogen-bond donors (Lipinski definition) is 1. The van der Waals surface area contributed by atoms with Crippen molar-refractivity contribution < 1.29 is 14.3 Å². The van der Waals surface area contributed by atoms with Gasteiger partial charge in [-0.3, -0.25) is 0 Å². The van der Waals surface area contributed by atoms with Gasteiger partial charge in [0.15, 0.2) is 5.75 Å². The average molecular weight is 314 g/mol. The zero-order valence-corrected chi connectivity index (χ0v) is 11.7. The molecule has 0 bridgehead atoms. The summed E-state index contributed by atoms with van der Waals surface area (Å²) in [6, 6.07) is 9.15. The Morgan fingerprint density at radius 3 is 2.50 bits per heavy atom. The third kappa shape index (κ3) is 3.62. The second-order valence-corrected chi connectivity index (χ2v) is 4.79. The minimum atomic E-state index is -0.335. The quantitative estimate of drug-likeness (QED) is 0.512. The molecule has 0 saturated carbocycles. The highest BCUT2D eigenvalue weighted by molar-refractivity contribution is 6.37. The zero-order valence-electron chi connectivity index (χ0n) is 10.2. The monoisotopic (exact) mass is 313 g/mol. The lowest BCUT2D eigenvalue weighted by Crippen LogP contribution is -1.98. The van der Waals surface area contributed by atoms with E-state index in [-0.39, 0.29) is 22.5 Å². The van der Waals surface area contributed by atoms with Gasteiger partial charge < -0.3 is 9.94 Å². The summed E-state index contributed by atoms with van der Waals surface area (Å²) in [7, 11) is 0. The Labute approximate surface area is 125 Å². The molecule has 20 heavy (non-hydrogen) atoms. The van der Waals surface area contributed by atoms with Crippen molar-refractivity contribution in [1.29, 1.82) is 0 Å². The van der Waals surface area contributed by atoms with E-state index < -0.39 is 0 Å². The SMILES string of the molecule is O/N=C\c1cc(Cl)c(OCc2cccc(F)c2)c(Cl)c1. The van der Waals surface area contributed by atoms with Crippen LogP contribution >= 0.6 is 23.2 Å². The second-order valence-electron chi connectivity index (χ2n) is 3.98. The Morgan fingerprint density at radius 2 is 1.90 bits per heavy atom. The van der Waals surface area contributed by atoms with Crippen LogP contribution in [0.1, 0.15) is 11.1 Å². The number of oxime groups is 1. The number of ether oxygens (including phenoxy) is 1. The predicted molar refractivity (Wildman–Crippen MR) is 76.6 cm³/mol. The number of nitrogens with zero attached hydrogens (tertiary/aromatic N) is 1. The van der Waals surface area contributed by atoms with E-state index in [9.17, 15) is 4.39 Å². The first-order chi connectivity index (χ1) is 9.60. The van der Waals surface area contributed by atoms with Crippen molar-refractivity contribution in [3.63, 3.8) is 0 Å². The lowest BCUT2D eigenvalue weighted by Gasteiger charge is -2.10. The van der Waals surface area contributed by atoms with Gasteiger partial charge in [0.1, 0.15) is 12.4 Å². The highest BCUT2D eigenvalue weighted by atomic mass is 35.5. The smallest absolute Gasteiger partial charge is 0.157 e. The summed E-state index contributed by atoms with van der Waals surface area (Å²) >= 11 is 12.1. The molecule has 3 nitrogen and oxygen atoms in total. The maximum Gasteiger partial charge on any atom is 0.157 e. The van der Waals surface area contributed by atoms with Crippen LogP contribution in [0.2, 0.25) is 10.0 Å². The highest BCUT2D eigenvalue weighted by Gasteiger charge is 2.09. The van der Waals surface area contributed by atoms with Gasteiger partial charge in [-0.25, -0.2) is 4.39 Å². The summed E-state index contributed by atoms with van der Waals surface area (Å²) in [5.74, 6) is -0.0366. The summed E-state index contributed by atoms with van der Waals surface area (Å²) in [6.45, 7) is 0.143. The lowest BCUT2D eigenvalue weighted by atomic mass is 10.2. The molecule has 2 rings (SSSR count). The Balaban J connectivity index is 2.17. The first kappa shape index (κ1) is 14.6. The molecule has 6 heteroatoms. The van der Waals surface area contributed by atoms with E-state index in [0.29, 0.717) is 16.9 Å². The van der Waals surface area contributed by atoms with Gasteiger partial charge >= 0.3 is 0 Å². The summed E-state index contributed by atoms with van der Waals surface area (Å²) in [5, 5.41) is 11.9. The van der Waals surface area contributed by atoms with E-state index in [1.807, 2.05) is 0 Å². The van der Waals surface area contributed by atoms with Crippen LogP contribution in [0.15, 0.2) is 41.6 Å². The minimum Gasteiger partial charge on any atom is -0.486 e. The van der Waals surface area contributed by atoms with E-state index in [2.05, 4.69) is 5.16 Å². The normalized spacial score (nSPS) is 10.9. The van der Waals surface area contributed by atoms with Crippen LogP contribution in [0.25, 0.3) is 0 Å². The third-order valence-corrected chi connectivity index (χ3v) is 3.06. The van der Waals surface area contributed by atoms with Gasteiger partial charge in [-0.05, 0) is 35.4 Å². The van der Waals surface area contributed by atoms with Crippen LogP contribution < -0.4 is 4.74 Å². The number of hydrogen-bond acceptors (Lipinski definition) is 3. The van der Waals surface area contributed by atoms with Crippen LogP contribution in [0.5, 0.6) is 5.75 Å². The fourth-order valence-electron chi connectivity index (χ4n) is 1.64. The number of rotatable bonds is 4. The third-order valence-electron chi connectivity index (χ3n) is 2.50. The lowest BCUT2D eigenvalue weighted by molar-refractivity contribution is 0.306. The van der Waals surface area contributed by atoms with Crippen LogP contribution in [-0.4, -0.2) is 11.4 Å². The molecule has 104 valence electrons. The molecule has 0 aliphatic carbocycles. The standard InChI is InChI=1S/C14H10Cl2FNO2/c15-12-5-10(7-18-19)6-13(16)14(12)20-8-9-2-1-3-11(17)4-9/h1-7,19H,8H2/b18-7-. The minimum absolute atomic E-state index is 0.143. The molecule has 0 spiro atoms. The van der Waals surface area contributed by atoms with Gasteiger partial charge in [0.05, 0.1) is 16.3 Å². The predicted octanol–water partition coefficient (Wildman–Crippen LogP) is 4.52. The molecule has 0 fully saturated rings. The molecule has 0 amide bonds. The van der Waals surface area contributed by atoms with Crippen molar-refractivity contribution in [1.82, 2.24) is 0 Å². The van der Waals surface area contributed by atoms with Crippen molar-refractivity contribution in [2.45, 2.75) is 6.61 Å². The first-order valence-corrected chi connectivity index (χ1v) is 6.39. The van der Waals surface area contributed by atoms with Gasteiger partial charge in [0, 0.05) is 0 Å². The van der Waals surface area contributed by atoms with Crippen LogP contribution in [0.4, 0.5) is 4.39 Å². The molecule has 2 aromatic rings. The van der Waals surface area contributed by atoms with Gasteiger partial charge in [-0.15, -0.1) is 0 Å². The molecule has 2 aromatic carbocycles. The molecule has 1 N–H and O–H groups in total. The second kappa shape index (κ2) is 6.59. The van der Waals surface area contributed by atoms with Crippen molar-refractivity contribution in [2.75, 3.05) is 0 Å². The van der Waals surface area contributed by atoms with E-state index in [4.69, 9.17) is 33.1 Å². The van der Waals surface area contributed by atoms with Crippen molar-refractivity contribution >= 4 is 29.4 Å². The molecule has 0 aliphatic heterocycles. The fourth-order valence-corrected chi connectivity index (χ4v) is 2.25. The van der Waals surface area contributed by atoms with Crippen molar-refractivity contribution in [2.24, 2.45) is 5.16 Å². The topological polar surface area (TPSA) is 41.8 Å². The maximum absolute atomic E-state index is 13.0. The zero-order chi connectivity index (χ0) is 14.5. The van der Waals surface area contributed by atoms with Crippen molar-refractivity contribution in [3.8, 4) is 5.75 Å². The largest absolute Gasteiger partial charge is 0.486 e. The van der Waals surface area contributed by atoms with E-state index in [0.717, 1.165) is 0 Å². The van der Waals surface area contributed by atoms with Gasteiger partial charge in [0.2, 0.25) is 0 Å². The molecule has 0 aromatic heterocycles. The molecule has 0 saturated heterocycles. The van der Waals surface area contributed by atoms with E-state index in [1.165, 1.54) is 18.3 Å². The van der Waals surface area contributed by atoms with E-state index in [1.54, 1.807) is 24.3 Å². The molecule has 0 heterocycles. The van der Waals surface area contributed by atoms with Gasteiger partial charge in [0.25, 0.3) is 0 Å².